The molecular formula is C13H12ClN3O2. The molecule has 1 aromatic carbocycles. The average Bonchev–Trinajstić information content (AvgIpc) is 2.38. The van der Waals surface area contributed by atoms with E-state index in [-0.39, 0.29) is 12.5 Å². The third kappa shape index (κ3) is 4.15. The van der Waals surface area contributed by atoms with Crippen LogP contribution < -0.4 is 15.8 Å². The lowest BCUT2D eigenvalue weighted by atomic mass is 10.3. The minimum atomic E-state index is -0.313. The molecule has 2 rings (SSSR count). The van der Waals surface area contributed by atoms with E-state index < -0.39 is 0 Å². The second-order valence-corrected chi connectivity index (χ2v) is 4.14. The van der Waals surface area contributed by atoms with Crippen LogP contribution in [0.4, 0.5) is 11.5 Å². The zero-order valence-electron chi connectivity index (χ0n) is 9.97. The number of hydrogen-bond acceptors (Lipinski definition) is 4. The summed E-state index contributed by atoms with van der Waals surface area (Å²) < 4.78 is 5.30. The second-order valence-electron chi connectivity index (χ2n) is 3.75. The van der Waals surface area contributed by atoms with Gasteiger partial charge in [0.25, 0.3) is 5.91 Å². The molecule has 1 amide bonds. The molecule has 0 radical (unpaired) electrons. The van der Waals surface area contributed by atoms with Gasteiger partial charge in [-0.15, -0.1) is 0 Å². The third-order valence-corrected chi connectivity index (χ3v) is 2.44. The van der Waals surface area contributed by atoms with Crippen molar-refractivity contribution in [3.05, 3.63) is 47.6 Å². The summed E-state index contributed by atoms with van der Waals surface area (Å²) >= 11 is 5.71. The van der Waals surface area contributed by atoms with Gasteiger partial charge in [-0.2, -0.15) is 0 Å². The first-order valence-electron chi connectivity index (χ1n) is 5.54. The molecule has 6 heteroatoms. The van der Waals surface area contributed by atoms with Crippen molar-refractivity contribution in [3.63, 3.8) is 0 Å². The normalized spacial score (nSPS) is 9.95. The Kier molecular flexibility index (Phi) is 4.20. The molecule has 0 saturated heterocycles. The number of rotatable bonds is 4. The maximum atomic E-state index is 11.6. The SMILES string of the molecule is Nc1ccc(OCC(=O)Nc2cccc(Cl)n2)cc1. The third-order valence-electron chi connectivity index (χ3n) is 2.23. The van der Waals surface area contributed by atoms with E-state index in [1.165, 1.54) is 0 Å². The van der Waals surface area contributed by atoms with Gasteiger partial charge >= 0.3 is 0 Å². The fourth-order valence-electron chi connectivity index (χ4n) is 1.37. The zero-order valence-corrected chi connectivity index (χ0v) is 10.7. The molecule has 0 saturated carbocycles. The minimum absolute atomic E-state index is 0.113. The number of carbonyl (C=O) groups excluding carboxylic acids is 1. The van der Waals surface area contributed by atoms with E-state index in [9.17, 15) is 4.79 Å². The Labute approximate surface area is 115 Å². The van der Waals surface area contributed by atoms with Gasteiger partial charge < -0.3 is 15.8 Å². The summed E-state index contributed by atoms with van der Waals surface area (Å²) in [5.41, 5.74) is 6.18. The number of ether oxygens (including phenoxy) is 1. The van der Waals surface area contributed by atoms with Crippen LogP contribution in [-0.2, 0) is 4.79 Å². The number of aromatic nitrogens is 1. The summed E-state index contributed by atoms with van der Waals surface area (Å²) in [5.74, 6) is 0.647. The molecule has 2 aromatic rings. The van der Waals surface area contributed by atoms with Crippen LogP contribution in [0.5, 0.6) is 5.75 Å². The maximum absolute atomic E-state index is 11.6. The quantitative estimate of drug-likeness (QED) is 0.664. The van der Waals surface area contributed by atoms with Crippen LogP contribution in [0.2, 0.25) is 5.15 Å². The lowest BCUT2D eigenvalue weighted by Gasteiger charge is -2.07. The molecule has 0 unspecified atom stereocenters. The van der Waals surface area contributed by atoms with E-state index in [4.69, 9.17) is 22.1 Å². The summed E-state index contributed by atoms with van der Waals surface area (Å²) in [6.45, 7) is -0.113. The first-order valence-corrected chi connectivity index (χ1v) is 5.92. The summed E-state index contributed by atoms with van der Waals surface area (Å²) in [4.78, 5) is 15.6. The van der Waals surface area contributed by atoms with Crippen molar-refractivity contribution in [1.82, 2.24) is 4.98 Å². The van der Waals surface area contributed by atoms with Crippen molar-refractivity contribution in [1.29, 1.82) is 0 Å². The lowest BCUT2D eigenvalue weighted by Crippen LogP contribution is -2.20. The number of anilines is 2. The number of hydrogen-bond donors (Lipinski definition) is 2. The lowest BCUT2D eigenvalue weighted by molar-refractivity contribution is -0.118. The van der Waals surface area contributed by atoms with Gasteiger partial charge in [0, 0.05) is 5.69 Å². The van der Waals surface area contributed by atoms with Gasteiger partial charge in [-0.05, 0) is 36.4 Å². The maximum Gasteiger partial charge on any atom is 0.263 e. The predicted octanol–water partition coefficient (Wildman–Crippen LogP) is 2.33. The van der Waals surface area contributed by atoms with Crippen molar-refractivity contribution in [2.75, 3.05) is 17.7 Å². The Balaban J connectivity index is 1.86. The summed E-state index contributed by atoms with van der Waals surface area (Å²) in [5, 5.41) is 2.90. The van der Waals surface area contributed by atoms with Gasteiger partial charge in [-0.25, -0.2) is 4.98 Å². The fraction of sp³-hybridized carbons (Fsp3) is 0.0769. The van der Waals surface area contributed by atoms with E-state index in [1.54, 1.807) is 42.5 Å². The first kappa shape index (κ1) is 13.2. The second kappa shape index (κ2) is 6.06. The van der Waals surface area contributed by atoms with Crippen molar-refractivity contribution >= 4 is 29.0 Å². The number of halogens is 1. The average molecular weight is 278 g/mol. The Morgan fingerprint density at radius 2 is 2.00 bits per heavy atom. The molecule has 0 aliphatic rings. The van der Waals surface area contributed by atoms with Crippen LogP contribution in [0.25, 0.3) is 0 Å². The molecule has 98 valence electrons. The van der Waals surface area contributed by atoms with Crippen LogP contribution in [0, 0.1) is 0 Å². The molecule has 0 spiro atoms. The molecule has 1 heterocycles. The van der Waals surface area contributed by atoms with Crippen LogP contribution in [0.15, 0.2) is 42.5 Å². The molecule has 0 aliphatic carbocycles. The Bertz CT molecular complexity index is 572. The molecule has 0 fully saturated rings. The summed E-state index contributed by atoms with van der Waals surface area (Å²) in [6.07, 6.45) is 0. The molecule has 0 atom stereocenters. The largest absolute Gasteiger partial charge is 0.484 e. The summed E-state index contributed by atoms with van der Waals surface area (Å²) in [7, 11) is 0. The van der Waals surface area contributed by atoms with Gasteiger partial charge in [-0.1, -0.05) is 17.7 Å². The van der Waals surface area contributed by atoms with Crippen LogP contribution in [-0.4, -0.2) is 17.5 Å². The number of nitrogens with one attached hydrogen (secondary N) is 1. The van der Waals surface area contributed by atoms with E-state index in [2.05, 4.69) is 10.3 Å². The molecule has 5 nitrogen and oxygen atoms in total. The Morgan fingerprint density at radius 3 is 2.68 bits per heavy atom. The van der Waals surface area contributed by atoms with Crippen molar-refractivity contribution < 1.29 is 9.53 Å². The number of nitrogens with zero attached hydrogens (tertiary/aromatic N) is 1. The van der Waals surface area contributed by atoms with Crippen molar-refractivity contribution in [3.8, 4) is 5.75 Å². The molecule has 3 N–H and O–H groups in total. The zero-order chi connectivity index (χ0) is 13.7. The highest BCUT2D eigenvalue weighted by molar-refractivity contribution is 6.29. The van der Waals surface area contributed by atoms with E-state index in [0.29, 0.717) is 22.4 Å². The van der Waals surface area contributed by atoms with Gasteiger partial charge in [0.15, 0.2) is 6.61 Å². The van der Waals surface area contributed by atoms with Crippen LogP contribution in [0.1, 0.15) is 0 Å². The number of benzene rings is 1. The van der Waals surface area contributed by atoms with Crippen molar-refractivity contribution in [2.45, 2.75) is 0 Å². The van der Waals surface area contributed by atoms with E-state index >= 15 is 0 Å². The highest BCUT2D eigenvalue weighted by Crippen LogP contribution is 2.13. The first-order chi connectivity index (χ1) is 9.13. The Hall–Kier alpha value is -2.27. The predicted molar refractivity (Wildman–Crippen MR) is 74.2 cm³/mol. The van der Waals surface area contributed by atoms with E-state index in [1.807, 2.05) is 0 Å². The van der Waals surface area contributed by atoms with Crippen molar-refractivity contribution in [2.24, 2.45) is 0 Å². The van der Waals surface area contributed by atoms with E-state index in [0.717, 1.165) is 0 Å². The minimum Gasteiger partial charge on any atom is -0.484 e. The summed E-state index contributed by atoms with van der Waals surface area (Å²) in [6, 6.07) is 11.8. The number of pyridine rings is 1. The number of nitrogen functional groups attached to an aromatic ring is 1. The smallest absolute Gasteiger partial charge is 0.263 e. The molecule has 0 bridgehead atoms. The standard InChI is InChI=1S/C13H12ClN3O2/c14-11-2-1-3-12(16-11)17-13(18)8-19-10-6-4-9(15)5-7-10/h1-7H,8,15H2,(H,16,17,18). The number of amides is 1. The molecule has 0 aliphatic heterocycles. The van der Waals surface area contributed by atoms with Gasteiger partial charge in [0.1, 0.15) is 16.7 Å². The highest BCUT2D eigenvalue weighted by atomic mass is 35.5. The topological polar surface area (TPSA) is 77.2 Å². The number of nitrogens with two attached hydrogens (primary N) is 1. The van der Waals surface area contributed by atoms with Gasteiger partial charge in [0.05, 0.1) is 0 Å². The van der Waals surface area contributed by atoms with Gasteiger partial charge in [-0.3, -0.25) is 4.79 Å². The van der Waals surface area contributed by atoms with Gasteiger partial charge in [0.2, 0.25) is 0 Å². The number of carbonyl (C=O) groups is 1. The molecular weight excluding hydrogens is 266 g/mol. The van der Waals surface area contributed by atoms with Crippen LogP contribution >= 0.6 is 11.6 Å². The fourth-order valence-corrected chi connectivity index (χ4v) is 1.53. The highest BCUT2D eigenvalue weighted by Gasteiger charge is 2.04. The van der Waals surface area contributed by atoms with Crippen LogP contribution in [0.3, 0.4) is 0 Å². The Morgan fingerprint density at radius 1 is 1.26 bits per heavy atom. The molecule has 1 aromatic heterocycles. The molecule has 19 heavy (non-hydrogen) atoms. The monoisotopic (exact) mass is 277 g/mol.